The maximum Gasteiger partial charge on any atom is 0.148 e. The molecule has 2 heterocycles. The lowest BCUT2D eigenvalue weighted by atomic mass is 9.95. The van der Waals surface area contributed by atoms with Gasteiger partial charge in [-0.15, -0.1) is 11.8 Å². The Morgan fingerprint density at radius 1 is 1.09 bits per heavy atom. The van der Waals surface area contributed by atoms with Crippen LogP contribution in [0.15, 0.2) is 47.8 Å². The first-order valence-electron chi connectivity index (χ1n) is 8.07. The van der Waals surface area contributed by atoms with E-state index in [1.807, 2.05) is 12.4 Å². The maximum atomic E-state index is 4.83. The third kappa shape index (κ3) is 3.12. The molecule has 2 aliphatic rings. The van der Waals surface area contributed by atoms with Gasteiger partial charge in [0.05, 0.1) is 12.4 Å². The molecule has 1 saturated heterocycles. The molecule has 4 rings (SSSR count). The van der Waals surface area contributed by atoms with Crippen LogP contribution in [0, 0.1) is 5.41 Å². The standard InChI is InChI=1S/C18H21N3S/c1-2-5-15(6-3-1)13-22-17-12-19-11-16(20-17)21-10-4-7-18(14-21)8-9-18/h1-3,5-6,11-12H,4,7-10,13-14H2. The molecule has 22 heavy (non-hydrogen) atoms. The molecule has 0 atom stereocenters. The Bertz CT molecular complexity index is 640. The summed E-state index contributed by atoms with van der Waals surface area (Å²) in [6.07, 6.45) is 9.31. The zero-order valence-electron chi connectivity index (χ0n) is 12.7. The van der Waals surface area contributed by atoms with Crippen LogP contribution in [-0.2, 0) is 5.75 Å². The number of anilines is 1. The molecule has 2 aromatic rings. The summed E-state index contributed by atoms with van der Waals surface area (Å²) in [5.74, 6) is 2.01. The van der Waals surface area contributed by atoms with Gasteiger partial charge in [-0.25, -0.2) is 4.98 Å². The summed E-state index contributed by atoms with van der Waals surface area (Å²) in [5.41, 5.74) is 1.95. The number of aromatic nitrogens is 2. The third-order valence-corrected chi connectivity index (χ3v) is 5.74. The molecule has 1 spiro atoms. The molecule has 3 nitrogen and oxygen atoms in total. The largest absolute Gasteiger partial charge is 0.355 e. The smallest absolute Gasteiger partial charge is 0.148 e. The Labute approximate surface area is 136 Å². The van der Waals surface area contributed by atoms with E-state index >= 15 is 0 Å². The molecule has 0 amide bonds. The van der Waals surface area contributed by atoms with Gasteiger partial charge in [-0.3, -0.25) is 4.98 Å². The van der Waals surface area contributed by atoms with Crippen LogP contribution < -0.4 is 4.90 Å². The van der Waals surface area contributed by atoms with Gasteiger partial charge in [-0.1, -0.05) is 30.3 Å². The first-order chi connectivity index (χ1) is 10.8. The summed E-state index contributed by atoms with van der Waals surface area (Å²) < 4.78 is 0. The van der Waals surface area contributed by atoms with E-state index in [4.69, 9.17) is 4.98 Å². The number of hydrogen-bond acceptors (Lipinski definition) is 4. The van der Waals surface area contributed by atoms with Gasteiger partial charge in [0.25, 0.3) is 0 Å². The fourth-order valence-corrected chi connectivity index (χ4v) is 4.08. The Kier molecular flexibility index (Phi) is 3.78. The summed E-state index contributed by atoms with van der Waals surface area (Å²) in [5, 5.41) is 1.02. The number of piperidine rings is 1. The van der Waals surface area contributed by atoms with Crippen LogP contribution in [-0.4, -0.2) is 23.1 Å². The molecule has 0 N–H and O–H groups in total. The minimum absolute atomic E-state index is 0.618. The van der Waals surface area contributed by atoms with E-state index in [1.54, 1.807) is 11.8 Å². The maximum absolute atomic E-state index is 4.83. The van der Waals surface area contributed by atoms with E-state index in [9.17, 15) is 0 Å². The lowest BCUT2D eigenvalue weighted by Crippen LogP contribution is -2.37. The van der Waals surface area contributed by atoms with E-state index < -0.39 is 0 Å². The lowest BCUT2D eigenvalue weighted by Gasteiger charge is -2.33. The van der Waals surface area contributed by atoms with E-state index in [1.165, 1.54) is 37.8 Å². The summed E-state index contributed by atoms with van der Waals surface area (Å²) in [6, 6.07) is 10.5. The molecule has 1 aliphatic carbocycles. The molecule has 1 saturated carbocycles. The van der Waals surface area contributed by atoms with E-state index in [0.717, 1.165) is 23.1 Å². The molecule has 1 aromatic heterocycles. The topological polar surface area (TPSA) is 29.0 Å². The van der Waals surface area contributed by atoms with Crippen LogP contribution >= 0.6 is 11.8 Å². The summed E-state index contributed by atoms with van der Waals surface area (Å²) >= 11 is 1.77. The predicted molar refractivity (Wildman–Crippen MR) is 91.1 cm³/mol. The van der Waals surface area contributed by atoms with E-state index in [0.29, 0.717) is 5.41 Å². The third-order valence-electron chi connectivity index (χ3n) is 4.77. The van der Waals surface area contributed by atoms with Gasteiger partial charge in [0.2, 0.25) is 0 Å². The van der Waals surface area contributed by atoms with Crippen LogP contribution in [0.1, 0.15) is 31.2 Å². The molecule has 0 unspecified atom stereocenters. The van der Waals surface area contributed by atoms with Crippen molar-refractivity contribution in [2.24, 2.45) is 5.41 Å². The number of nitrogens with zero attached hydrogens (tertiary/aromatic N) is 3. The summed E-state index contributed by atoms with van der Waals surface area (Å²) in [7, 11) is 0. The average Bonchev–Trinajstić information content (AvgIpc) is 3.33. The minimum Gasteiger partial charge on any atom is -0.355 e. The van der Waals surface area contributed by atoms with Gasteiger partial charge in [0, 0.05) is 18.8 Å². The monoisotopic (exact) mass is 311 g/mol. The first-order valence-corrected chi connectivity index (χ1v) is 9.05. The van der Waals surface area contributed by atoms with Gasteiger partial charge < -0.3 is 4.90 Å². The fourth-order valence-electron chi connectivity index (χ4n) is 3.28. The fraction of sp³-hybridized carbons (Fsp3) is 0.444. The molecule has 0 radical (unpaired) electrons. The molecule has 1 aliphatic heterocycles. The van der Waals surface area contributed by atoms with Crippen molar-refractivity contribution in [3.05, 3.63) is 48.3 Å². The van der Waals surface area contributed by atoms with Gasteiger partial charge in [-0.2, -0.15) is 0 Å². The average molecular weight is 311 g/mol. The van der Waals surface area contributed by atoms with Gasteiger partial charge in [-0.05, 0) is 36.7 Å². The van der Waals surface area contributed by atoms with Crippen LogP contribution in [0.5, 0.6) is 0 Å². The highest BCUT2D eigenvalue weighted by atomic mass is 32.2. The zero-order chi connectivity index (χ0) is 14.8. The van der Waals surface area contributed by atoms with Crippen molar-refractivity contribution in [1.82, 2.24) is 9.97 Å². The zero-order valence-corrected chi connectivity index (χ0v) is 13.6. The van der Waals surface area contributed by atoms with Crippen LogP contribution in [0.25, 0.3) is 0 Å². The van der Waals surface area contributed by atoms with Crippen molar-refractivity contribution in [2.75, 3.05) is 18.0 Å². The molecule has 2 fully saturated rings. The molecule has 1 aromatic carbocycles. The van der Waals surface area contributed by atoms with Gasteiger partial charge >= 0.3 is 0 Å². The molecular formula is C18H21N3S. The number of thioether (sulfide) groups is 1. The van der Waals surface area contributed by atoms with Crippen molar-refractivity contribution in [1.29, 1.82) is 0 Å². The van der Waals surface area contributed by atoms with Crippen molar-refractivity contribution >= 4 is 17.6 Å². The second-order valence-electron chi connectivity index (χ2n) is 6.51. The Morgan fingerprint density at radius 3 is 2.77 bits per heavy atom. The summed E-state index contributed by atoms with van der Waals surface area (Å²) in [4.78, 5) is 11.7. The minimum atomic E-state index is 0.618. The van der Waals surface area contributed by atoms with Crippen LogP contribution in [0.3, 0.4) is 0 Å². The highest BCUT2D eigenvalue weighted by Gasteiger charge is 2.45. The SMILES string of the molecule is c1ccc(CSc2cncc(N3CCCC4(CC4)C3)n2)cc1. The Balaban J connectivity index is 1.44. The second kappa shape index (κ2) is 5.92. The van der Waals surface area contributed by atoms with Crippen molar-refractivity contribution in [3.8, 4) is 0 Å². The second-order valence-corrected chi connectivity index (χ2v) is 7.51. The number of rotatable bonds is 4. The van der Waals surface area contributed by atoms with Crippen LogP contribution in [0.4, 0.5) is 5.82 Å². The Morgan fingerprint density at radius 2 is 1.95 bits per heavy atom. The highest BCUT2D eigenvalue weighted by molar-refractivity contribution is 7.98. The Hall–Kier alpha value is -1.55. The van der Waals surface area contributed by atoms with Crippen molar-refractivity contribution in [2.45, 2.75) is 36.5 Å². The van der Waals surface area contributed by atoms with Gasteiger partial charge in [0.15, 0.2) is 0 Å². The highest BCUT2D eigenvalue weighted by Crippen LogP contribution is 2.52. The quantitative estimate of drug-likeness (QED) is 0.793. The number of hydrogen-bond donors (Lipinski definition) is 0. The van der Waals surface area contributed by atoms with Crippen LogP contribution in [0.2, 0.25) is 0 Å². The predicted octanol–water partition coefficient (Wildman–Crippen LogP) is 4.15. The molecular weight excluding hydrogens is 290 g/mol. The molecule has 4 heteroatoms. The van der Waals surface area contributed by atoms with E-state index in [2.05, 4.69) is 40.2 Å². The molecule has 0 bridgehead atoms. The first kappa shape index (κ1) is 14.1. The summed E-state index contributed by atoms with van der Waals surface area (Å²) in [6.45, 7) is 2.30. The number of benzene rings is 1. The normalized spacial score (nSPS) is 19.4. The van der Waals surface area contributed by atoms with Crippen molar-refractivity contribution in [3.63, 3.8) is 0 Å². The van der Waals surface area contributed by atoms with Gasteiger partial charge in [0.1, 0.15) is 10.8 Å². The van der Waals surface area contributed by atoms with Crippen molar-refractivity contribution < 1.29 is 0 Å². The molecule has 114 valence electrons. The lowest BCUT2D eigenvalue weighted by molar-refractivity contribution is 0.393. The van der Waals surface area contributed by atoms with E-state index in [-0.39, 0.29) is 0 Å².